The molecule has 0 radical (unpaired) electrons. The van der Waals surface area contributed by atoms with E-state index in [-0.39, 0.29) is 0 Å². The van der Waals surface area contributed by atoms with Crippen LogP contribution in [0.1, 0.15) is 30.4 Å². The van der Waals surface area contributed by atoms with Gasteiger partial charge in [0.05, 0.1) is 19.3 Å². The zero-order valence-electron chi connectivity index (χ0n) is 11.8. The Morgan fingerprint density at radius 2 is 2.20 bits per heavy atom. The summed E-state index contributed by atoms with van der Waals surface area (Å²) in [4.78, 5) is 2.57. The Balaban J connectivity index is 1.77. The molecule has 2 aliphatic rings. The molecule has 2 fully saturated rings. The van der Waals surface area contributed by atoms with E-state index in [1.54, 1.807) is 0 Å². The molecule has 1 aromatic carbocycles. The average Bonchev–Trinajstić information content (AvgIpc) is 2.96. The molecular weight excluding hydrogens is 248 g/mol. The maximum Gasteiger partial charge on any atom is 0.0731 e. The second-order valence-electron chi connectivity index (χ2n) is 5.54. The van der Waals surface area contributed by atoms with Crippen molar-refractivity contribution in [2.75, 3.05) is 19.7 Å². The molecule has 1 aliphatic carbocycles. The molecule has 106 valence electrons. The molecule has 1 aliphatic heterocycles. The summed E-state index contributed by atoms with van der Waals surface area (Å²) in [5.74, 6) is 6.15. The molecular formula is C17H22N2O. The fraction of sp³-hybridized carbons (Fsp3) is 0.529. The average molecular weight is 270 g/mol. The predicted molar refractivity (Wildman–Crippen MR) is 80.2 cm³/mol. The predicted octanol–water partition coefficient (Wildman–Crippen LogP) is 1.75. The number of hydrogen-bond acceptors (Lipinski definition) is 3. The first-order chi connectivity index (χ1) is 9.88. The topological polar surface area (TPSA) is 38.5 Å². The van der Waals surface area contributed by atoms with Crippen LogP contribution in [-0.4, -0.2) is 36.7 Å². The van der Waals surface area contributed by atoms with Crippen molar-refractivity contribution in [1.82, 2.24) is 4.90 Å². The van der Waals surface area contributed by atoms with E-state index in [0.717, 1.165) is 25.3 Å². The van der Waals surface area contributed by atoms with Gasteiger partial charge in [0.15, 0.2) is 0 Å². The number of nitrogens with two attached hydrogens (primary N) is 1. The normalized spacial score (nSPS) is 25.9. The van der Waals surface area contributed by atoms with Crippen molar-refractivity contribution in [1.29, 1.82) is 0 Å². The molecule has 0 amide bonds. The van der Waals surface area contributed by atoms with Crippen LogP contribution >= 0.6 is 0 Å². The van der Waals surface area contributed by atoms with E-state index in [1.165, 1.54) is 24.8 Å². The number of hydrogen-bond donors (Lipinski definition) is 1. The van der Waals surface area contributed by atoms with Crippen LogP contribution in [-0.2, 0) is 11.3 Å². The maximum atomic E-state index is 5.88. The zero-order valence-corrected chi connectivity index (χ0v) is 11.8. The summed E-state index contributed by atoms with van der Waals surface area (Å²) in [6, 6.07) is 9.00. The minimum atomic E-state index is 0.413. The van der Waals surface area contributed by atoms with Gasteiger partial charge < -0.3 is 10.5 Å². The van der Waals surface area contributed by atoms with Crippen LogP contribution in [0.15, 0.2) is 24.3 Å². The van der Waals surface area contributed by atoms with Gasteiger partial charge in [-0.25, -0.2) is 0 Å². The molecule has 1 saturated heterocycles. The maximum absolute atomic E-state index is 5.88. The Kier molecular flexibility index (Phi) is 4.37. The van der Waals surface area contributed by atoms with Crippen molar-refractivity contribution in [3.05, 3.63) is 35.4 Å². The molecule has 2 atom stereocenters. The van der Waals surface area contributed by atoms with Crippen molar-refractivity contribution in [2.24, 2.45) is 5.73 Å². The Labute approximate surface area is 121 Å². The van der Waals surface area contributed by atoms with Crippen molar-refractivity contribution in [2.45, 2.75) is 38.0 Å². The standard InChI is InChI=1S/C17H22N2O/c18-10-4-7-14-5-1-2-6-15(14)13-19-11-12-20-17-9-3-8-16(17)19/h1-2,5-6,16-17H,3,8-13,18H2. The SMILES string of the molecule is NCC#Cc1ccccc1CN1CCOC2CCCC21. The van der Waals surface area contributed by atoms with E-state index in [4.69, 9.17) is 10.5 Å². The molecule has 3 rings (SSSR count). The molecule has 20 heavy (non-hydrogen) atoms. The third-order valence-corrected chi connectivity index (χ3v) is 4.31. The van der Waals surface area contributed by atoms with Crippen LogP contribution in [0.5, 0.6) is 0 Å². The highest BCUT2D eigenvalue weighted by atomic mass is 16.5. The zero-order chi connectivity index (χ0) is 13.8. The van der Waals surface area contributed by atoms with Crippen LogP contribution in [0.25, 0.3) is 0 Å². The lowest BCUT2D eigenvalue weighted by Crippen LogP contribution is -2.47. The number of benzene rings is 1. The third kappa shape index (κ3) is 2.88. The summed E-state index contributed by atoms with van der Waals surface area (Å²) in [7, 11) is 0. The van der Waals surface area contributed by atoms with E-state index in [9.17, 15) is 0 Å². The molecule has 1 aromatic rings. The van der Waals surface area contributed by atoms with Crippen LogP contribution in [0.4, 0.5) is 0 Å². The summed E-state index contributed by atoms with van der Waals surface area (Å²) in [5, 5.41) is 0. The van der Waals surface area contributed by atoms with Gasteiger partial charge in [-0.15, -0.1) is 0 Å². The minimum Gasteiger partial charge on any atom is -0.375 e. The Hall–Kier alpha value is -1.34. The van der Waals surface area contributed by atoms with E-state index in [0.29, 0.717) is 18.7 Å². The quantitative estimate of drug-likeness (QED) is 0.832. The van der Waals surface area contributed by atoms with E-state index in [1.807, 2.05) is 6.07 Å². The smallest absolute Gasteiger partial charge is 0.0731 e. The van der Waals surface area contributed by atoms with Crippen molar-refractivity contribution in [3.63, 3.8) is 0 Å². The summed E-state index contributed by atoms with van der Waals surface area (Å²) >= 11 is 0. The van der Waals surface area contributed by atoms with Gasteiger partial charge in [-0.2, -0.15) is 0 Å². The monoisotopic (exact) mass is 270 g/mol. The second-order valence-corrected chi connectivity index (χ2v) is 5.54. The number of ether oxygens (including phenoxy) is 1. The largest absolute Gasteiger partial charge is 0.375 e. The van der Waals surface area contributed by atoms with Gasteiger partial charge in [-0.05, 0) is 30.9 Å². The first-order valence-electron chi connectivity index (χ1n) is 7.51. The molecule has 2 N–H and O–H groups in total. The van der Waals surface area contributed by atoms with E-state index >= 15 is 0 Å². The lowest BCUT2D eigenvalue weighted by atomic mass is 10.0. The van der Waals surface area contributed by atoms with Crippen LogP contribution in [0, 0.1) is 11.8 Å². The van der Waals surface area contributed by atoms with E-state index < -0.39 is 0 Å². The number of morpholine rings is 1. The summed E-state index contributed by atoms with van der Waals surface area (Å²) in [6.45, 7) is 3.27. The van der Waals surface area contributed by atoms with Gasteiger partial charge in [-0.3, -0.25) is 4.90 Å². The van der Waals surface area contributed by atoms with Crippen molar-refractivity contribution >= 4 is 0 Å². The Bertz CT molecular complexity index is 517. The Morgan fingerprint density at radius 1 is 1.30 bits per heavy atom. The highest BCUT2D eigenvalue weighted by Gasteiger charge is 2.35. The van der Waals surface area contributed by atoms with Gasteiger partial charge >= 0.3 is 0 Å². The number of rotatable bonds is 2. The van der Waals surface area contributed by atoms with Gasteiger partial charge in [0.1, 0.15) is 0 Å². The molecule has 3 heteroatoms. The molecule has 0 bridgehead atoms. The summed E-state index contributed by atoms with van der Waals surface area (Å²) in [6.07, 6.45) is 4.23. The van der Waals surface area contributed by atoms with E-state index in [2.05, 4.69) is 34.9 Å². The fourth-order valence-corrected chi connectivity index (χ4v) is 3.35. The first kappa shape index (κ1) is 13.6. The Morgan fingerprint density at radius 3 is 3.10 bits per heavy atom. The molecule has 1 saturated carbocycles. The molecule has 2 unspecified atom stereocenters. The van der Waals surface area contributed by atoms with Gasteiger partial charge in [0, 0.05) is 24.7 Å². The highest BCUT2D eigenvalue weighted by molar-refractivity contribution is 5.41. The third-order valence-electron chi connectivity index (χ3n) is 4.31. The van der Waals surface area contributed by atoms with Gasteiger partial charge in [0.25, 0.3) is 0 Å². The minimum absolute atomic E-state index is 0.413. The first-order valence-corrected chi connectivity index (χ1v) is 7.51. The number of fused-ring (bicyclic) bond motifs is 1. The lowest BCUT2D eigenvalue weighted by molar-refractivity contribution is -0.0588. The van der Waals surface area contributed by atoms with Crippen molar-refractivity contribution < 1.29 is 4.74 Å². The molecule has 3 nitrogen and oxygen atoms in total. The van der Waals surface area contributed by atoms with Crippen LogP contribution in [0.2, 0.25) is 0 Å². The fourth-order valence-electron chi connectivity index (χ4n) is 3.35. The molecule has 0 spiro atoms. The lowest BCUT2D eigenvalue weighted by Gasteiger charge is -2.37. The number of nitrogens with zero attached hydrogens (tertiary/aromatic N) is 1. The molecule has 1 heterocycles. The molecule has 0 aromatic heterocycles. The van der Waals surface area contributed by atoms with Crippen LogP contribution < -0.4 is 5.73 Å². The summed E-state index contributed by atoms with van der Waals surface area (Å²) in [5.41, 5.74) is 7.90. The second kappa shape index (κ2) is 6.41. The van der Waals surface area contributed by atoms with Crippen LogP contribution in [0.3, 0.4) is 0 Å². The summed E-state index contributed by atoms with van der Waals surface area (Å²) < 4.78 is 5.88. The van der Waals surface area contributed by atoms with Gasteiger partial charge in [-0.1, -0.05) is 30.0 Å². The highest BCUT2D eigenvalue weighted by Crippen LogP contribution is 2.30. The van der Waals surface area contributed by atoms with Crippen molar-refractivity contribution in [3.8, 4) is 11.8 Å². The van der Waals surface area contributed by atoms with Gasteiger partial charge in [0.2, 0.25) is 0 Å².